The lowest BCUT2D eigenvalue weighted by Crippen LogP contribution is -2.39. The Morgan fingerprint density at radius 2 is 2.33 bits per heavy atom. The molecule has 0 radical (unpaired) electrons. The Kier molecular flexibility index (Phi) is 2.95. The Labute approximate surface area is 106 Å². The van der Waals surface area contributed by atoms with Gasteiger partial charge in [-0.25, -0.2) is 0 Å². The highest BCUT2D eigenvalue weighted by Gasteiger charge is 2.34. The summed E-state index contributed by atoms with van der Waals surface area (Å²) >= 11 is 0. The molecule has 18 heavy (non-hydrogen) atoms. The lowest BCUT2D eigenvalue weighted by atomic mass is 10.2. The number of carbonyl (C=O) groups is 1. The van der Waals surface area contributed by atoms with Crippen LogP contribution in [0, 0.1) is 0 Å². The molecule has 1 amide bonds. The number of hydrogen-bond donors (Lipinski definition) is 2. The van der Waals surface area contributed by atoms with Crippen molar-refractivity contribution in [2.45, 2.75) is 37.9 Å². The third kappa shape index (κ3) is 2.64. The van der Waals surface area contributed by atoms with Crippen molar-refractivity contribution in [3.8, 4) is 0 Å². The largest absolute Gasteiger partial charge is 0.396 e. The average molecular weight is 249 g/mol. The molecule has 1 aliphatic heterocycles. The predicted octanol–water partition coefficient (Wildman–Crippen LogP) is -0.182. The summed E-state index contributed by atoms with van der Waals surface area (Å²) in [5, 5.41) is 7.07. The Hall–Kier alpha value is -1.56. The molecule has 6 heteroatoms. The molecule has 98 valence electrons. The molecule has 2 fully saturated rings. The molecule has 2 heterocycles. The minimum absolute atomic E-state index is 0.0146. The molecule has 3 rings (SSSR count). The molecule has 0 spiro atoms. The number of likely N-dealkylation sites (tertiary alicyclic amines) is 1. The van der Waals surface area contributed by atoms with Crippen LogP contribution in [0.5, 0.6) is 0 Å². The number of rotatable bonds is 4. The van der Waals surface area contributed by atoms with Crippen LogP contribution in [-0.4, -0.2) is 45.8 Å². The van der Waals surface area contributed by atoms with E-state index in [-0.39, 0.29) is 12.5 Å². The summed E-state index contributed by atoms with van der Waals surface area (Å²) in [5.41, 5.74) is 6.14. The highest BCUT2D eigenvalue weighted by Crippen LogP contribution is 2.29. The van der Waals surface area contributed by atoms with Crippen LogP contribution in [0.15, 0.2) is 12.4 Å². The van der Waals surface area contributed by atoms with E-state index >= 15 is 0 Å². The number of nitrogen functional groups attached to an aromatic ring is 1. The molecule has 2 aliphatic rings. The third-order valence-electron chi connectivity index (χ3n) is 3.61. The monoisotopic (exact) mass is 249 g/mol. The molecular formula is C12H19N5O. The van der Waals surface area contributed by atoms with Gasteiger partial charge >= 0.3 is 0 Å². The summed E-state index contributed by atoms with van der Waals surface area (Å²) in [6, 6.07) is 1.09. The van der Waals surface area contributed by atoms with Crippen molar-refractivity contribution in [3.05, 3.63) is 12.4 Å². The van der Waals surface area contributed by atoms with Crippen molar-refractivity contribution >= 4 is 11.6 Å². The third-order valence-corrected chi connectivity index (χ3v) is 3.61. The number of carbonyl (C=O) groups excluding carboxylic acids is 1. The molecule has 1 aliphatic carbocycles. The summed E-state index contributed by atoms with van der Waals surface area (Å²) in [6.45, 7) is 2.36. The van der Waals surface area contributed by atoms with Gasteiger partial charge in [-0.05, 0) is 19.3 Å². The fraction of sp³-hybridized carbons (Fsp3) is 0.667. The van der Waals surface area contributed by atoms with Gasteiger partial charge in [-0.2, -0.15) is 5.10 Å². The maximum absolute atomic E-state index is 11.8. The van der Waals surface area contributed by atoms with Crippen molar-refractivity contribution < 1.29 is 4.79 Å². The second-order valence-corrected chi connectivity index (χ2v) is 5.25. The molecule has 6 nitrogen and oxygen atoms in total. The van der Waals surface area contributed by atoms with Crippen LogP contribution in [-0.2, 0) is 11.3 Å². The van der Waals surface area contributed by atoms with Gasteiger partial charge in [0, 0.05) is 31.4 Å². The number of nitrogens with one attached hydrogen (secondary N) is 1. The lowest BCUT2D eigenvalue weighted by molar-refractivity contribution is -0.122. The van der Waals surface area contributed by atoms with Crippen molar-refractivity contribution in [1.29, 1.82) is 0 Å². The van der Waals surface area contributed by atoms with Crippen LogP contribution >= 0.6 is 0 Å². The average Bonchev–Trinajstić information content (AvgIpc) is 2.95. The van der Waals surface area contributed by atoms with E-state index in [0.29, 0.717) is 11.7 Å². The zero-order valence-corrected chi connectivity index (χ0v) is 10.4. The molecule has 0 bridgehead atoms. The molecule has 1 unspecified atom stereocenters. The van der Waals surface area contributed by atoms with E-state index in [1.807, 2.05) is 0 Å². The summed E-state index contributed by atoms with van der Waals surface area (Å²) in [5.74, 6) is 0.0146. The van der Waals surface area contributed by atoms with Crippen LogP contribution in [0.4, 0.5) is 5.69 Å². The van der Waals surface area contributed by atoms with Crippen molar-refractivity contribution in [2.24, 2.45) is 0 Å². The first kappa shape index (κ1) is 11.5. The maximum Gasteiger partial charge on any atom is 0.241 e. The van der Waals surface area contributed by atoms with Gasteiger partial charge < -0.3 is 11.1 Å². The standard InChI is InChI=1S/C12H19N5O/c13-9-5-14-17(6-9)8-12(18)15-10-3-4-16(7-10)11-1-2-11/h5-6,10-11H,1-4,7-8,13H2,(H,15,18). The van der Waals surface area contributed by atoms with E-state index in [0.717, 1.165) is 25.6 Å². The van der Waals surface area contributed by atoms with Gasteiger partial charge in [0.05, 0.1) is 11.9 Å². The Morgan fingerprint density at radius 1 is 1.50 bits per heavy atom. The van der Waals surface area contributed by atoms with Crippen LogP contribution in [0.2, 0.25) is 0 Å². The highest BCUT2D eigenvalue weighted by atomic mass is 16.2. The summed E-state index contributed by atoms with van der Waals surface area (Å²) in [7, 11) is 0. The Balaban J connectivity index is 1.46. The van der Waals surface area contributed by atoms with Gasteiger partial charge in [-0.3, -0.25) is 14.4 Å². The SMILES string of the molecule is Nc1cnn(CC(=O)NC2CCN(C3CC3)C2)c1. The fourth-order valence-electron chi connectivity index (χ4n) is 2.56. The number of amides is 1. The molecular weight excluding hydrogens is 230 g/mol. The fourth-order valence-corrected chi connectivity index (χ4v) is 2.56. The number of nitrogens with two attached hydrogens (primary N) is 1. The van der Waals surface area contributed by atoms with Crippen LogP contribution < -0.4 is 11.1 Å². The van der Waals surface area contributed by atoms with Crippen molar-refractivity contribution in [1.82, 2.24) is 20.0 Å². The zero-order valence-electron chi connectivity index (χ0n) is 10.4. The summed E-state index contributed by atoms with van der Waals surface area (Å²) in [6.07, 6.45) is 6.94. The number of aromatic nitrogens is 2. The van der Waals surface area contributed by atoms with E-state index in [2.05, 4.69) is 15.3 Å². The minimum Gasteiger partial charge on any atom is -0.396 e. The van der Waals surface area contributed by atoms with Gasteiger partial charge in [0.15, 0.2) is 0 Å². The maximum atomic E-state index is 11.8. The first-order valence-electron chi connectivity index (χ1n) is 6.52. The van der Waals surface area contributed by atoms with Gasteiger partial charge in [0.2, 0.25) is 5.91 Å². The lowest BCUT2D eigenvalue weighted by Gasteiger charge is -2.15. The first-order valence-corrected chi connectivity index (χ1v) is 6.52. The van der Waals surface area contributed by atoms with E-state index in [9.17, 15) is 4.79 Å². The molecule has 0 aromatic carbocycles. The second-order valence-electron chi connectivity index (χ2n) is 5.25. The molecule has 1 saturated carbocycles. The minimum atomic E-state index is 0.0146. The predicted molar refractivity (Wildman–Crippen MR) is 67.8 cm³/mol. The molecule has 1 atom stereocenters. The normalized spacial score (nSPS) is 24.3. The molecule has 3 N–H and O–H groups in total. The van der Waals surface area contributed by atoms with Crippen LogP contribution in [0.3, 0.4) is 0 Å². The van der Waals surface area contributed by atoms with Gasteiger partial charge in [-0.1, -0.05) is 0 Å². The Bertz CT molecular complexity index is 439. The Morgan fingerprint density at radius 3 is 3.00 bits per heavy atom. The number of anilines is 1. The number of nitrogens with zero attached hydrogens (tertiary/aromatic N) is 3. The molecule has 1 aromatic heterocycles. The van der Waals surface area contributed by atoms with E-state index in [4.69, 9.17) is 5.73 Å². The van der Waals surface area contributed by atoms with Crippen molar-refractivity contribution in [3.63, 3.8) is 0 Å². The van der Waals surface area contributed by atoms with E-state index in [1.54, 1.807) is 17.1 Å². The van der Waals surface area contributed by atoms with Crippen molar-refractivity contribution in [2.75, 3.05) is 18.8 Å². The van der Waals surface area contributed by atoms with E-state index < -0.39 is 0 Å². The summed E-state index contributed by atoms with van der Waals surface area (Å²) < 4.78 is 1.57. The topological polar surface area (TPSA) is 76.2 Å². The zero-order chi connectivity index (χ0) is 12.5. The highest BCUT2D eigenvalue weighted by molar-refractivity contribution is 5.76. The first-order chi connectivity index (χ1) is 8.70. The van der Waals surface area contributed by atoms with Crippen LogP contribution in [0.1, 0.15) is 19.3 Å². The van der Waals surface area contributed by atoms with Crippen LogP contribution in [0.25, 0.3) is 0 Å². The van der Waals surface area contributed by atoms with Gasteiger partial charge in [-0.15, -0.1) is 0 Å². The van der Waals surface area contributed by atoms with Gasteiger partial charge in [0.1, 0.15) is 6.54 Å². The van der Waals surface area contributed by atoms with Gasteiger partial charge in [0.25, 0.3) is 0 Å². The smallest absolute Gasteiger partial charge is 0.241 e. The molecule has 1 aromatic rings. The summed E-state index contributed by atoms with van der Waals surface area (Å²) in [4.78, 5) is 14.3. The second kappa shape index (κ2) is 4.61. The quantitative estimate of drug-likeness (QED) is 0.776. The molecule has 1 saturated heterocycles. The van der Waals surface area contributed by atoms with E-state index in [1.165, 1.54) is 12.8 Å². The number of hydrogen-bond acceptors (Lipinski definition) is 4.